The van der Waals surface area contributed by atoms with Crippen molar-refractivity contribution in [1.82, 2.24) is 4.90 Å². The summed E-state index contributed by atoms with van der Waals surface area (Å²) in [6, 6.07) is 0.517. The Balaban J connectivity index is 1.52. The van der Waals surface area contributed by atoms with Crippen molar-refractivity contribution < 1.29 is 4.79 Å². The van der Waals surface area contributed by atoms with E-state index in [0.29, 0.717) is 36.2 Å². The lowest BCUT2D eigenvalue weighted by atomic mass is 9.51. The maximum Gasteiger partial charge on any atom is 0.226 e. The van der Waals surface area contributed by atoms with Gasteiger partial charge in [0.25, 0.3) is 0 Å². The van der Waals surface area contributed by atoms with Crippen LogP contribution in [0.4, 0.5) is 0 Å². The van der Waals surface area contributed by atoms with Crippen molar-refractivity contribution in [2.45, 2.75) is 57.4 Å². The molecule has 0 heterocycles. The highest BCUT2D eigenvalue weighted by Gasteiger charge is 2.52. The number of hydrogen-bond donors (Lipinski definition) is 1. The van der Waals surface area contributed by atoms with Crippen molar-refractivity contribution in [3.8, 4) is 0 Å². The topological polar surface area (TPSA) is 46.3 Å². The van der Waals surface area contributed by atoms with Crippen molar-refractivity contribution in [3.63, 3.8) is 0 Å². The number of nitrogens with two attached hydrogens (primary N) is 1. The Labute approximate surface area is 122 Å². The third-order valence-electron chi connectivity index (χ3n) is 6.68. The molecule has 0 aliphatic heterocycles. The number of rotatable bonds is 4. The molecule has 4 bridgehead atoms. The van der Waals surface area contributed by atoms with E-state index in [1.54, 1.807) is 0 Å². The lowest BCUT2D eigenvalue weighted by Crippen LogP contribution is -2.55. The number of nitrogens with zero attached hydrogens (tertiary/aromatic N) is 1. The SMILES string of the molecule is NCCN(C(=O)C1C2CC3CC(C2)CC1C3)C1CCC1. The van der Waals surface area contributed by atoms with Gasteiger partial charge < -0.3 is 10.6 Å². The molecule has 5 saturated carbocycles. The maximum atomic E-state index is 13.1. The Bertz CT molecular complexity index is 362. The fraction of sp³-hybridized carbons (Fsp3) is 0.941. The van der Waals surface area contributed by atoms with Gasteiger partial charge in [0.05, 0.1) is 0 Å². The summed E-state index contributed by atoms with van der Waals surface area (Å²) in [4.78, 5) is 15.3. The largest absolute Gasteiger partial charge is 0.338 e. The van der Waals surface area contributed by atoms with Gasteiger partial charge in [-0.05, 0) is 75.0 Å². The fourth-order valence-corrected chi connectivity index (χ4v) is 5.83. The fourth-order valence-electron chi connectivity index (χ4n) is 5.83. The van der Waals surface area contributed by atoms with Gasteiger partial charge in [-0.25, -0.2) is 0 Å². The van der Waals surface area contributed by atoms with Crippen LogP contribution in [0.25, 0.3) is 0 Å². The second-order valence-electron chi connectivity index (χ2n) is 7.86. The molecule has 0 radical (unpaired) electrons. The monoisotopic (exact) mass is 276 g/mol. The zero-order valence-electron chi connectivity index (χ0n) is 12.5. The quantitative estimate of drug-likeness (QED) is 0.857. The summed E-state index contributed by atoms with van der Waals surface area (Å²) in [5.74, 6) is 4.16. The Kier molecular flexibility index (Phi) is 3.29. The van der Waals surface area contributed by atoms with E-state index < -0.39 is 0 Å². The van der Waals surface area contributed by atoms with Crippen molar-refractivity contribution in [2.24, 2.45) is 35.3 Å². The summed E-state index contributed by atoms with van der Waals surface area (Å²) in [5.41, 5.74) is 5.76. The number of amides is 1. The number of hydrogen-bond acceptors (Lipinski definition) is 2. The first kappa shape index (κ1) is 13.1. The standard InChI is InChI=1S/C17H28N2O/c18-4-5-19(15-2-1-3-15)17(20)16-13-7-11-6-12(9-13)10-14(16)8-11/h11-16H,1-10,18H2. The lowest BCUT2D eigenvalue weighted by molar-refractivity contribution is -0.153. The normalized spacial score (nSPS) is 42.5. The summed E-state index contributed by atoms with van der Waals surface area (Å²) in [5, 5.41) is 0. The zero-order chi connectivity index (χ0) is 13.7. The van der Waals surface area contributed by atoms with E-state index in [1.165, 1.54) is 51.4 Å². The van der Waals surface area contributed by atoms with Crippen LogP contribution in [0.15, 0.2) is 0 Å². The molecule has 0 unspecified atom stereocenters. The highest BCUT2D eigenvalue weighted by molar-refractivity contribution is 5.80. The molecule has 0 atom stereocenters. The molecule has 0 aromatic heterocycles. The van der Waals surface area contributed by atoms with Crippen LogP contribution >= 0.6 is 0 Å². The second-order valence-corrected chi connectivity index (χ2v) is 7.86. The molecule has 20 heavy (non-hydrogen) atoms. The molecule has 5 fully saturated rings. The van der Waals surface area contributed by atoms with Gasteiger partial charge in [-0.3, -0.25) is 4.79 Å². The zero-order valence-corrected chi connectivity index (χ0v) is 12.5. The van der Waals surface area contributed by atoms with Gasteiger partial charge in [0.2, 0.25) is 5.91 Å². The van der Waals surface area contributed by atoms with Crippen LogP contribution in [0.3, 0.4) is 0 Å². The number of carbonyl (C=O) groups is 1. The minimum atomic E-state index is 0.356. The summed E-state index contributed by atoms with van der Waals surface area (Å²) in [7, 11) is 0. The molecule has 0 spiro atoms. The van der Waals surface area contributed by atoms with Crippen molar-refractivity contribution in [1.29, 1.82) is 0 Å². The first-order chi connectivity index (χ1) is 9.76. The van der Waals surface area contributed by atoms with E-state index in [2.05, 4.69) is 4.90 Å². The summed E-state index contributed by atoms with van der Waals surface area (Å²) in [6.07, 6.45) is 10.5. The van der Waals surface area contributed by atoms with Crippen LogP contribution in [-0.4, -0.2) is 29.9 Å². The van der Waals surface area contributed by atoms with Crippen LogP contribution < -0.4 is 5.73 Å². The number of carbonyl (C=O) groups excluding carboxylic acids is 1. The van der Waals surface area contributed by atoms with Crippen LogP contribution in [0, 0.1) is 29.6 Å². The first-order valence-electron chi connectivity index (χ1n) is 8.76. The van der Waals surface area contributed by atoms with Gasteiger partial charge in [0, 0.05) is 25.0 Å². The third kappa shape index (κ3) is 2.01. The molecule has 3 nitrogen and oxygen atoms in total. The third-order valence-corrected chi connectivity index (χ3v) is 6.68. The van der Waals surface area contributed by atoms with Crippen molar-refractivity contribution in [2.75, 3.05) is 13.1 Å². The van der Waals surface area contributed by atoms with Gasteiger partial charge in [-0.1, -0.05) is 0 Å². The van der Waals surface area contributed by atoms with Crippen LogP contribution in [0.5, 0.6) is 0 Å². The summed E-state index contributed by atoms with van der Waals surface area (Å²) < 4.78 is 0. The van der Waals surface area contributed by atoms with Gasteiger partial charge in [-0.2, -0.15) is 0 Å². The first-order valence-corrected chi connectivity index (χ1v) is 8.76. The minimum absolute atomic E-state index is 0.356. The van der Waals surface area contributed by atoms with Crippen LogP contribution in [-0.2, 0) is 4.79 Å². The van der Waals surface area contributed by atoms with Crippen molar-refractivity contribution >= 4 is 5.91 Å². The summed E-state index contributed by atoms with van der Waals surface area (Å²) >= 11 is 0. The molecule has 0 aromatic carbocycles. The Hall–Kier alpha value is -0.570. The van der Waals surface area contributed by atoms with E-state index in [0.717, 1.165) is 18.4 Å². The van der Waals surface area contributed by atoms with Gasteiger partial charge in [-0.15, -0.1) is 0 Å². The molecule has 0 saturated heterocycles. The molecule has 0 aromatic rings. The van der Waals surface area contributed by atoms with E-state index in [1.807, 2.05) is 0 Å². The molecule has 5 aliphatic carbocycles. The predicted molar refractivity (Wildman–Crippen MR) is 78.9 cm³/mol. The highest BCUT2D eigenvalue weighted by atomic mass is 16.2. The smallest absolute Gasteiger partial charge is 0.226 e. The Morgan fingerprint density at radius 3 is 2.05 bits per heavy atom. The molecule has 2 N–H and O–H groups in total. The lowest BCUT2D eigenvalue weighted by Gasteiger charge is -2.55. The van der Waals surface area contributed by atoms with Gasteiger partial charge in [0.15, 0.2) is 0 Å². The molecule has 5 rings (SSSR count). The maximum absolute atomic E-state index is 13.1. The van der Waals surface area contributed by atoms with E-state index in [4.69, 9.17) is 5.73 Å². The second kappa shape index (κ2) is 5.01. The van der Waals surface area contributed by atoms with E-state index in [-0.39, 0.29) is 0 Å². The average molecular weight is 276 g/mol. The molecular weight excluding hydrogens is 248 g/mol. The molecule has 112 valence electrons. The molecule has 3 heteroatoms. The van der Waals surface area contributed by atoms with E-state index in [9.17, 15) is 4.79 Å². The van der Waals surface area contributed by atoms with Crippen molar-refractivity contribution in [3.05, 3.63) is 0 Å². The van der Waals surface area contributed by atoms with Crippen LogP contribution in [0.1, 0.15) is 51.4 Å². The summed E-state index contributed by atoms with van der Waals surface area (Å²) in [6.45, 7) is 1.40. The predicted octanol–water partition coefficient (Wildman–Crippen LogP) is 2.40. The van der Waals surface area contributed by atoms with Crippen LogP contribution in [0.2, 0.25) is 0 Å². The minimum Gasteiger partial charge on any atom is -0.338 e. The highest BCUT2D eigenvalue weighted by Crippen LogP contribution is 2.57. The van der Waals surface area contributed by atoms with Gasteiger partial charge in [0.1, 0.15) is 0 Å². The Morgan fingerprint density at radius 1 is 1.00 bits per heavy atom. The average Bonchev–Trinajstić information content (AvgIpc) is 2.34. The molecular formula is C17H28N2O. The molecule has 5 aliphatic rings. The van der Waals surface area contributed by atoms with E-state index >= 15 is 0 Å². The van der Waals surface area contributed by atoms with Gasteiger partial charge >= 0.3 is 0 Å². The Morgan fingerprint density at radius 2 is 1.60 bits per heavy atom. The molecule has 1 amide bonds.